The van der Waals surface area contributed by atoms with Crippen molar-refractivity contribution in [3.63, 3.8) is 0 Å². The number of rotatable bonds is 1. The molecule has 4 nitrogen and oxygen atoms in total. The van der Waals surface area contributed by atoms with E-state index in [1.54, 1.807) is 34.6 Å². The zero-order chi connectivity index (χ0) is 11.7. The Bertz CT molecular complexity index is 492. The third-order valence-corrected chi connectivity index (χ3v) is 3.85. The Morgan fingerprint density at radius 1 is 1.53 bits per heavy atom. The Hall–Kier alpha value is -1.62. The Labute approximate surface area is 104 Å². The molecule has 0 radical (unpaired) electrons. The van der Waals surface area contributed by atoms with Gasteiger partial charge in [0.1, 0.15) is 6.33 Å². The van der Waals surface area contributed by atoms with Gasteiger partial charge < -0.3 is 4.90 Å². The molecule has 1 fully saturated rings. The van der Waals surface area contributed by atoms with E-state index in [0.717, 1.165) is 19.4 Å². The van der Waals surface area contributed by atoms with Crippen molar-refractivity contribution in [2.75, 3.05) is 6.54 Å². The van der Waals surface area contributed by atoms with Crippen molar-refractivity contribution >= 4 is 17.4 Å². The predicted octanol–water partition coefficient (Wildman–Crippen LogP) is 2.75. The summed E-state index contributed by atoms with van der Waals surface area (Å²) in [4.78, 5) is 18.1. The van der Waals surface area contributed by atoms with Gasteiger partial charge >= 0.3 is 6.03 Å². The topological polar surface area (TPSA) is 38.1 Å². The highest BCUT2D eigenvalue weighted by molar-refractivity contribution is 7.07. The molecule has 0 bridgehead atoms. The quantitative estimate of drug-likeness (QED) is 0.777. The largest absolute Gasteiger partial charge is 0.329 e. The molecule has 5 heteroatoms. The summed E-state index contributed by atoms with van der Waals surface area (Å²) in [5.74, 6) is 0. The van der Waals surface area contributed by atoms with Crippen LogP contribution in [0.2, 0.25) is 0 Å². The van der Waals surface area contributed by atoms with E-state index < -0.39 is 0 Å². The van der Waals surface area contributed by atoms with E-state index in [0.29, 0.717) is 0 Å². The second kappa shape index (κ2) is 4.33. The molecule has 1 amide bonds. The molecule has 1 atom stereocenters. The Morgan fingerprint density at radius 2 is 2.47 bits per heavy atom. The average Bonchev–Trinajstić information content (AvgIpc) is 3.09. The lowest BCUT2D eigenvalue weighted by atomic mass is 10.1. The van der Waals surface area contributed by atoms with Crippen LogP contribution < -0.4 is 0 Å². The first-order chi connectivity index (χ1) is 8.36. The van der Waals surface area contributed by atoms with Crippen LogP contribution in [0.4, 0.5) is 4.79 Å². The van der Waals surface area contributed by atoms with Crippen LogP contribution in [0, 0.1) is 0 Å². The van der Waals surface area contributed by atoms with Crippen LogP contribution in [0.25, 0.3) is 0 Å². The fourth-order valence-electron chi connectivity index (χ4n) is 2.33. The monoisotopic (exact) mass is 247 g/mol. The molecule has 0 saturated carbocycles. The number of thiophene rings is 1. The van der Waals surface area contributed by atoms with E-state index in [1.165, 1.54) is 5.56 Å². The van der Waals surface area contributed by atoms with Crippen LogP contribution in [0.3, 0.4) is 0 Å². The molecule has 1 aliphatic rings. The average molecular weight is 247 g/mol. The highest BCUT2D eigenvalue weighted by atomic mass is 32.1. The molecule has 3 heterocycles. The van der Waals surface area contributed by atoms with E-state index in [9.17, 15) is 4.79 Å². The summed E-state index contributed by atoms with van der Waals surface area (Å²) in [6.07, 6.45) is 7.02. The number of nitrogens with zero attached hydrogens (tertiary/aromatic N) is 3. The van der Waals surface area contributed by atoms with E-state index in [-0.39, 0.29) is 12.1 Å². The first kappa shape index (κ1) is 10.5. The third kappa shape index (κ3) is 1.86. The highest BCUT2D eigenvalue weighted by Gasteiger charge is 2.30. The first-order valence-electron chi connectivity index (χ1n) is 5.67. The SMILES string of the molecule is O=C(N1CCCC1c1ccsc1)n1ccnc1. The fraction of sp³-hybridized carbons (Fsp3) is 0.333. The molecule has 2 aromatic heterocycles. The van der Waals surface area contributed by atoms with Gasteiger partial charge in [0.25, 0.3) is 0 Å². The number of carbonyl (C=O) groups is 1. The third-order valence-electron chi connectivity index (χ3n) is 3.15. The van der Waals surface area contributed by atoms with E-state index in [4.69, 9.17) is 0 Å². The Balaban J connectivity index is 1.85. The van der Waals surface area contributed by atoms with Crippen LogP contribution in [-0.2, 0) is 0 Å². The van der Waals surface area contributed by atoms with Gasteiger partial charge in [0.05, 0.1) is 6.04 Å². The number of carbonyl (C=O) groups excluding carboxylic acids is 1. The van der Waals surface area contributed by atoms with Gasteiger partial charge in [-0.25, -0.2) is 9.78 Å². The van der Waals surface area contributed by atoms with Crippen LogP contribution in [0.1, 0.15) is 24.4 Å². The van der Waals surface area contributed by atoms with Crippen LogP contribution in [-0.4, -0.2) is 27.0 Å². The lowest BCUT2D eigenvalue weighted by Crippen LogP contribution is -2.33. The minimum Gasteiger partial charge on any atom is -0.317 e. The molecular weight excluding hydrogens is 234 g/mol. The smallest absolute Gasteiger partial charge is 0.317 e. The van der Waals surface area contributed by atoms with Crippen molar-refractivity contribution in [2.45, 2.75) is 18.9 Å². The summed E-state index contributed by atoms with van der Waals surface area (Å²) in [6, 6.07) is 2.36. The van der Waals surface area contributed by atoms with Crippen molar-refractivity contribution in [1.82, 2.24) is 14.5 Å². The zero-order valence-corrected chi connectivity index (χ0v) is 10.1. The summed E-state index contributed by atoms with van der Waals surface area (Å²) >= 11 is 1.68. The fourth-order valence-corrected chi connectivity index (χ4v) is 3.03. The van der Waals surface area contributed by atoms with Crippen molar-refractivity contribution in [2.24, 2.45) is 0 Å². The summed E-state index contributed by atoms with van der Waals surface area (Å²) in [6.45, 7) is 0.831. The maximum absolute atomic E-state index is 12.3. The first-order valence-corrected chi connectivity index (χ1v) is 6.61. The van der Waals surface area contributed by atoms with Gasteiger partial charge in [-0.05, 0) is 35.2 Å². The Morgan fingerprint density at radius 3 is 3.18 bits per heavy atom. The van der Waals surface area contributed by atoms with E-state index in [2.05, 4.69) is 21.8 Å². The minimum atomic E-state index is 0.0243. The van der Waals surface area contributed by atoms with Crippen LogP contribution in [0.5, 0.6) is 0 Å². The molecule has 0 aliphatic carbocycles. The van der Waals surface area contributed by atoms with Crippen molar-refractivity contribution < 1.29 is 4.79 Å². The normalized spacial score (nSPS) is 19.8. The lowest BCUT2D eigenvalue weighted by molar-refractivity contribution is 0.195. The molecule has 3 rings (SSSR count). The molecule has 2 aromatic rings. The van der Waals surface area contributed by atoms with Gasteiger partial charge in [0.15, 0.2) is 0 Å². The van der Waals surface area contributed by atoms with Crippen molar-refractivity contribution in [1.29, 1.82) is 0 Å². The van der Waals surface area contributed by atoms with Crippen molar-refractivity contribution in [3.8, 4) is 0 Å². The second-order valence-corrected chi connectivity index (χ2v) is 4.94. The molecule has 0 N–H and O–H groups in total. The standard InChI is InChI=1S/C12H13N3OS/c16-12(14-6-4-13-9-14)15-5-1-2-11(15)10-3-7-17-8-10/h3-4,6-9,11H,1-2,5H2. The Kier molecular flexibility index (Phi) is 2.68. The van der Waals surface area contributed by atoms with Gasteiger partial charge in [-0.15, -0.1) is 0 Å². The number of amides is 1. The van der Waals surface area contributed by atoms with Gasteiger partial charge in [-0.1, -0.05) is 0 Å². The number of hydrogen-bond donors (Lipinski definition) is 0. The number of hydrogen-bond acceptors (Lipinski definition) is 3. The molecule has 0 spiro atoms. The van der Waals surface area contributed by atoms with Crippen LogP contribution >= 0.6 is 11.3 Å². The maximum Gasteiger partial charge on any atom is 0.329 e. The van der Waals surface area contributed by atoms with Gasteiger partial charge in [0.2, 0.25) is 0 Å². The summed E-state index contributed by atoms with van der Waals surface area (Å²) < 4.78 is 1.55. The van der Waals surface area contributed by atoms with Crippen molar-refractivity contribution in [3.05, 3.63) is 41.1 Å². The molecule has 0 aromatic carbocycles. The summed E-state index contributed by atoms with van der Waals surface area (Å²) in [7, 11) is 0. The molecule has 1 unspecified atom stereocenters. The minimum absolute atomic E-state index is 0.0243. The van der Waals surface area contributed by atoms with Gasteiger partial charge in [0, 0.05) is 18.9 Å². The molecule has 88 valence electrons. The molecule has 1 saturated heterocycles. The highest BCUT2D eigenvalue weighted by Crippen LogP contribution is 2.33. The lowest BCUT2D eigenvalue weighted by Gasteiger charge is -2.24. The summed E-state index contributed by atoms with van der Waals surface area (Å²) in [5, 5.41) is 4.19. The number of aromatic nitrogens is 2. The molecular formula is C12H13N3OS. The maximum atomic E-state index is 12.3. The van der Waals surface area contributed by atoms with Gasteiger partial charge in [-0.2, -0.15) is 11.3 Å². The number of likely N-dealkylation sites (tertiary alicyclic amines) is 1. The van der Waals surface area contributed by atoms with E-state index >= 15 is 0 Å². The molecule has 1 aliphatic heterocycles. The number of imidazole rings is 1. The molecule has 17 heavy (non-hydrogen) atoms. The predicted molar refractivity (Wildman–Crippen MR) is 66.0 cm³/mol. The zero-order valence-electron chi connectivity index (χ0n) is 9.32. The second-order valence-electron chi connectivity index (χ2n) is 4.16. The van der Waals surface area contributed by atoms with E-state index in [1.807, 2.05) is 4.90 Å². The van der Waals surface area contributed by atoms with Crippen LogP contribution in [0.15, 0.2) is 35.5 Å². The van der Waals surface area contributed by atoms with Gasteiger partial charge in [-0.3, -0.25) is 4.57 Å². The summed E-state index contributed by atoms with van der Waals surface area (Å²) in [5.41, 5.74) is 1.25.